The molecule has 3 heterocycles. The normalized spacial score (nSPS) is 22.6. The van der Waals surface area contributed by atoms with Crippen LogP contribution in [-0.4, -0.2) is 30.0 Å². The van der Waals surface area contributed by atoms with Gasteiger partial charge in [0, 0.05) is 13.0 Å². The smallest absolute Gasteiger partial charge is 0.306 e. The fraction of sp³-hybridized carbons (Fsp3) is 0.476. The third-order valence-electron chi connectivity index (χ3n) is 6.06. The Morgan fingerprint density at radius 3 is 2.55 bits per heavy atom. The van der Waals surface area contributed by atoms with Gasteiger partial charge in [-0.1, -0.05) is 12.1 Å². The molecule has 0 unspecified atom stereocenters. The molecule has 31 heavy (non-hydrogen) atoms. The standard InChI is InChI=1S/C21H24FN3O5S/c1-31(28,29)30-18-17(16(26)7-4-13-2-5-15(22)6-3-13)24-20-21(23)10-8-14(9-11-21)12-25(20)19(18)27/h2-3,5-6,14H,4,7-12,23H2,1H3. The van der Waals surface area contributed by atoms with E-state index in [1.54, 1.807) is 12.1 Å². The van der Waals surface area contributed by atoms with E-state index >= 15 is 0 Å². The highest BCUT2D eigenvalue weighted by Gasteiger charge is 2.42. The summed E-state index contributed by atoms with van der Waals surface area (Å²) in [5.41, 5.74) is 5.43. The first-order valence-electron chi connectivity index (χ1n) is 10.2. The number of ketones is 1. The van der Waals surface area contributed by atoms with Crippen LogP contribution in [0.5, 0.6) is 5.75 Å². The first kappa shape index (κ1) is 21.6. The van der Waals surface area contributed by atoms with Crippen molar-refractivity contribution in [1.29, 1.82) is 0 Å². The first-order chi connectivity index (χ1) is 14.6. The maximum Gasteiger partial charge on any atom is 0.306 e. The minimum Gasteiger partial charge on any atom is -0.374 e. The second-order valence-corrected chi connectivity index (χ2v) is 10.0. The van der Waals surface area contributed by atoms with E-state index in [1.165, 1.54) is 16.7 Å². The summed E-state index contributed by atoms with van der Waals surface area (Å²) in [4.78, 5) is 30.7. The number of halogens is 1. The summed E-state index contributed by atoms with van der Waals surface area (Å²) in [7, 11) is -4.07. The highest BCUT2D eigenvalue weighted by molar-refractivity contribution is 7.86. The van der Waals surface area contributed by atoms with Gasteiger partial charge in [-0.25, -0.2) is 9.37 Å². The summed E-state index contributed by atoms with van der Waals surface area (Å²) in [5, 5.41) is 0. The molecule has 8 nitrogen and oxygen atoms in total. The molecular formula is C21H24FN3O5S. The average molecular weight is 450 g/mol. The molecule has 10 heteroatoms. The highest BCUT2D eigenvalue weighted by atomic mass is 32.2. The van der Waals surface area contributed by atoms with E-state index < -0.39 is 32.7 Å². The molecule has 2 aromatic rings. The largest absolute Gasteiger partial charge is 0.374 e. The average Bonchev–Trinajstić information content (AvgIpc) is 2.93. The third-order valence-corrected chi connectivity index (χ3v) is 6.53. The van der Waals surface area contributed by atoms with Crippen LogP contribution in [0.2, 0.25) is 0 Å². The number of nitrogens with zero attached hydrogens (tertiary/aromatic N) is 2. The van der Waals surface area contributed by atoms with E-state index in [9.17, 15) is 22.4 Å². The van der Waals surface area contributed by atoms with Crippen molar-refractivity contribution in [2.45, 2.75) is 50.6 Å². The van der Waals surface area contributed by atoms with Crippen LogP contribution in [0.25, 0.3) is 0 Å². The van der Waals surface area contributed by atoms with Crippen molar-refractivity contribution in [3.63, 3.8) is 0 Å². The predicted molar refractivity (Wildman–Crippen MR) is 111 cm³/mol. The summed E-state index contributed by atoms with van der Waals surface area (Å²) in [5.74, 6) is -0.958. The van der Waals surface area contributed by atoms with Crippen molar-refractivity contribution < 1.29 is 21.8 Å². The topological polar surface area (TPSA) is 121 Å². The lowest BCUT2D eigenvalue weighted by Gasteiger charge is -2.32. The molecule has 166 valence electrons. The summed E-state index contributed by atoms with van der Waals surface area (Å²) < 4.78 is 43.1. The maximum atomic E-state index is 13.2. The molecule has 2 aliphatic heterocycles. The van der Waals surface area contributed by atoms with Gasteiger partial charge in [0.25, 0.3) is 5.56 Å². The molecule has 1 aliphatic carbocycles. The van der Waals surface area contributed by atoms with Crippen LogP contribution in [0.15, 0.2) is 29.1 Å². The monoisotopic (exact) mass is 449 g/mol. The number of carbonyl (C=O) groups is 1. The van der Waals surface area contributed by atoms with Crippen LogP contribution in [0.3, 0.4) is 0 Å². The summed E-state index contributed by atoms with van der Waals surface area (Å²) in [6.45, 7) is 0.365. The molecular weight excluding hydrogens is 425 g/mol. The Morgan fingerprint density at radius 2 is 1.94 bits per heavy atom. The molecule has 1 aromatic carbocycles. The Hall–Kier alpha value is -2.59. The van der Waals surface area contributed by atoms with E-state index in [1.807, 2.05) is 0 Å². The number of aromatic nitrogens is 2. The first-order valence-corrected chi connectivity index (χ1v) is 12.0. The Morgan fingerprint density at radius 1 is 1.29 bits per heavy atom. The van der Waals surface area contributed by atoms with Gasteiger partial charge in [0.1, 0.15) is 11.6 Å². The van der Waals surface area contributed by atoms with Crippen molar-refractivity contribution in [3.8, 4) is 5.75 Å². The number of aryl methyl sites for hydroxylation is 1. The molecule has 2 N–H and O–H groups in total. The molecule has 0 spiro atoms. The Kier molecular flexibility index (Phi) is 5.47. The number of nitrogens with two attached hydrogens (primary N) is 1. The molecule has 0 radical (unpaired) electrons. The lowest BCUT2D eigenvalue weighted by molar-refractivity contribution is 0.0975. The number of hydrogen-bond donors (Lipinski definition) is 1. The van der Waals surface area contributed by atoms with Crippen molar-refractivity contribution in [2.24, 2.45) is 11.7 Å². The van der Waals surface area contributed by atoms with Gasteiger partial charge in [-0.3, -0.25) is 14.2 Å². The van der Waals surface area contributed by atoms with Crippen LogP contribution in [0.1, 0.15) is 54.0 Å². The number of rotatable bonds is 6. The highest BCUT2D eigenvalue weighted by Crippen LogP contribution is 2.41. The lowest BCUT2D eigenvalue weighted by Crippen LogP contribution is -2.43. The van der Waals surface area contributed by atoms with E-state index in [0.717, 1.165) is 24.7 Å². The van der Waals surface area contributed by atoms with Crippen LogP contribution < -0.4 is 15.5 Å². The minimum absolute atomic E-state index is 0.0537. The van der Waals surface area contributed by atoms with Crippen molar-refractivity contribution in [1.82, 2.24) is 9.55 Å². The van der Waals surface area contributed by atoms with Gasteiger partial charge < -0.3 is 9.92 Å². The van der Waals surface area contributed by atoms with Gasteiger partial charge in [-0.05, 0) is 55.7 Å². The van der Waals surface area contributed by atoms with E-state index in [2.05, 4.69) is 4.98 Å². The molecule has 1 saturated carbocycles. The predicted octanol–water partition coefficient (Wildman–Crippen LogP) is 1.89. The lowest BCUT2D eigenvalue weighted by atomic mass is 9.78. The molecule has 0 saturated heterocycles. The van der Waals surface area contributed by atoms with Crippen LogP contribution >= 0.6 is 0 Å². The van der Waals surface area contributed by atoms with Gasteiger partial charge >= 0.3 is 10.1 Å². The zero-order valence-corrected chi connectivity index (χ0v) is 18.0. The van der Waals surface area contributed by atoms with Gasteiger partial charge in [-0.15, -0.1) is 0 Å². The number of benzene rings is 1. The van der Waals surface area contributed by atoms with Crippen LogP contribution in [-0.2, 0) is 28.6 Å². The van der Waals surface area contributed by atoms with Gasteiger partial charge in [0.2, 0.25) is 5.75 Å². The second-order valence-electron chi connectivity index (χ2n) is 8.47. The molecule has 1 aromatic heterocycles. The number of carbonyl (C=O) groups excluding carboxylic acids is 1. The molecule has 0 amide bonds. The van der Waals surface area contributed by atoms with Gasteiger partial charge in [0.05, 0.1) is 11.8 Å². The molecule has 5 rings (SSSR count). The summed E-state index contributed by atoms with van der Waals surface area (Å²) >= 11 is 0. The Balaban J connectivity index is 1.76. The van der Waals surface area contributed by atoms with Crippen LogP contribution in [0, 0.1) is 11.7 Å². The van der Waals surface area contributed by atoms with E-state index in [-0.39, 0.29) is 30.3 Å². The van der Waals surface area contributed by atoms with Crippen molar-refractivity contribution >= 4 is 15.9 Å². The molecule has 2 bridgehead atoms. The van der Waals surface area contributed by atoms with Gasteiger partial charge in [0.15, 0.2) is 11.5 Å². The Labute approximate surface area is 179 Å². The summed E-state index contributed by atoms with van der Waals surface area (Å²) in [6, 6.07) is 5.70. The molecule has 3 aliphatic rings. The SMILES string of the molecule is CS(=O)(=O)Oc1c(C(=O)CCc2ccc(F)cc2)nc2n(c1=O)CC1CCC2(N)CC1. The quantitative estimate of drug-likeness (QED) is 0.528. The van der Waals surface area contributed by atoms with Crippen molar-refractivity contribution in [3.05, 3.63) is 57.5 Å². The third kappa shape index (κ3) is 4.40. The van der Waals surface area contributed by atoms with E-state index in [4.69, 9.17) is 9.92 Å². The minimum atomic E-state index is -4.07. The summed E-state index contributed by atoms with van der Waals surface area (Å²) in [6.07, 6.45) is 3.96. The number of Topliss-reactive ketones (excluding diaryl/α,β-unsaturated/α-hetero) is 1. The molecule has 0 atom stereocenters. The van der Waals surface area contributed by atoms with Crippen LogP contribution in [0.4, 0.5) is 4.39 Å². The molecule has 1 fully saturated rings. The Bertz CT molecular complexity index is 1180. The number of hydrogen-bond acceptors (Lipinski definition) is 7. The van der Waals surface area contributed by atoms with Crippen molar-refractivity contribution in [2.75, 3.05) is 6.26 Å². The number of fused-ring (bicyclic) bond motifs is 2. The maximum absolute atomic E-state index is 13.2. The zero-order valence-electron chi connectivity index (χ0n) is 17.1. The zero-order chi connectivity index (χ0) is 22.4. The fourth-order valence-electron chi connectivity index (χ4n) is 4.39. The fourth-order valence-corrected chi connectivity index (χ4v) is 4.84. The van der Waals surface area contributed by atoms with Gasteiger partial charge in [-0.2, -0.15) is 8.42 Å². The second kappa shape index (κ2) is 7.83. The van der Waals surface area contributed by atoms with E-state index in [0.29, 0.717) is 25.2 Å².